The van der Waals surface area contributed by atoms with Gasteiger partial charge in [0.15, 0.2) is 0 Å². The summed E-state index contributed by atoms with van der Waals surface area (Å²) in [6.45, 7) is 0.748. The lowest BCUT2D eigenvalue weighted by atomic mass is 10.0. The zero-order valence-corrected chi connectivity index (χ0v) is 6.18. The highest BCUT2D eigenvalue weighted by atomic mass is 19.1. The summed E-state index contributed by atoms with van der Waals surface area (Å²) in [5.41, 5.74) is 1.75. The highest BCUT2D eigenvalue weighted by molar-refractivity contribution is 5.53. The number of nitrogens with one attached hydrogen (secondary N) is 1. The zero-order chi connectivity index (χ0) is 7.68. The Morgan fingerprint density at radius 2 is 2.18 bits per heavy atom. The van der Waals surface area contributed by atoms with Crippen LogP contribution in [-0.2, 0) is 0 Å². The fraction of sp³-hybridized carbons (Fsp3) is 0.333. The molecule has 0 bridgehead atoms. The molecule has 1 atom stereocenters. The average molecular weight is 151 g/mol. The van der Waals surface area contributed by atoms with Gasteiger partial charge in [0.05, 0.1) is 0 Å². The van der Waals surface area contributed by atoms with E-state index in [1.165, 1.54) is 0 Å². The standard InChI is InChI=1S/C9H10FN/c10-8-5-6-11-9-4-2-1-3-7(8)9/h1-4,8,11H,5-6H2. The number of para-hydroxylation sites is 1. The van der Waals surface area contributed by atoms with Crippen molar-refractivity contribution in [2.45, 2.75) is 12.6 Å². The molecule has 2 heteroatoms. The third-order valence-corrected chi connectivity index (χ3v) is 2.01. The van der Waals surface area contributed by atoms with Crippen molar-refractivity contribution in [3.63, 3.8) is 0 Å². The van der Waals surface area contributed by atoms with E-state index in [0.717, 1.165) is 17.8 Å². The molecule has 1 aromatic carbocycles. The second-order valence-corrected chi connectivity index (χ2v) is 2.77. The van der Waals surface area contributed by atoms with Gasteiger partial charge in [0.25, 0.3) is 0 Å². The van der Waals surface area contributed by atoms with Crippen LogP contribution in [0.15, 0.2) is 24.3 Å². The Morgan fingerprint density at radius 1 is 1.36 bits per heavy atom. The number of hydrogen-bond donors (Lipinski definition) is 1. The average Bonchev–Trinajstić information content (AvgIpc) is 2.06. The molecule has 2 rings (SSSR count). The first-order valence-corrected chi connectivity index (χ1v) is 3.85. The predicted molar refractivity (Wildman–Crippen MR) is 43.4 cm³/mol. The maximum Gasteiger partial charge on any atom is 0.129 e. The van der Waals surface area contributed by atoms with Crippen LogP contribution in [0.4, 0.5) is 10.1 Å². The molecule has 0 radical (unpaired) electrons. The smallest absolute Gasteiger partial charge is 0.129 e. The molecule has 0 saturated heterocycles. The summed E-state index contributed by atoms with van der Waals surface area (Å²) in [7, 11) is 0. The van der Waals surface area contributed by atoms with Crippen molar-refractivity contribution in [1.82, 2.24) is 0 Å². The molecule has 1 aromatic rings. The fourth-order valence-corrected chi connectivity index (χ4v) is 1.42. The highest BCUT2D eigenvalue weighted by Gasteiger charge is 2.17. The van der Waals surface area contributed by atoms with Gasteiger partial charge in [-0.25, -0.2) is 4.39 Å². The lowest BCUT2D eigenvalue weighted by Gasteiger charge is -2.20. The molecule has 0 saturated carbocycles. The van der Waals surface area contributed by atoms with Gasteiger partial charge in [-0.05, 0) is 6.07 Å². The summed E-state index contributed by atoms with van der Waals surface area (Å²) in [5.74, 6) is 0. The van der Waals surface area contributed by atoms with E-state index < -0.39 is 6.17 Å². The first-order chi connectivity index (χ1) is 5.38. The van der Waals surface area contributed by atoms with E-state index in [0.29, 0.717) is 6.42 Å². The van der Waals surface area contributed by atoms with Gasteiger partial charge in [-0.2, -0.15) is 0 Å². The van der Waals surface area contributed by atoms with Crippen molar-refractivity contribution in [3.05, 3.63) is 29.8 Å². The van der Waals surface area contributed by atoms with Crippen LogP contribution in [0, 0.1) is 0 Å². The van der Waals surface area contributed by atoms with E-state index in [1.807, 2.05) is 24.3 Å². The Labute approximate surface area is 65.2 Å². The summed E-state index contributed by atoms with van der Waals surface area (Å²) in [6.07, 6.45) is -0.177. The first kappa shape index (κ1) is 6.65. The van der Waals surface area contributed by atoms with Crippen molar-refractivity contribution < 1.29 is 4.39 Å². The van der Waals surface area contributed by atoms with Crippen LogP contribution >= 0.6 is 0 Å². The van der Waals surface area contributed by atoms with Gasteiger partial charge in [-0.15, -0.1) is 0 Å². The van der Waals surface area contributed by atoms with Crippen LogP contribution in [0.3, 0.4) is 0 Å². The van der Waals surface area contributed by atoms with E-state index >= 15 is 0 Å². The number of rotatable bonds is 0. The topological polar surface area (TPSA) is 12.0 Å². The molecule has 1 aliphatic heterocycles. The third kappa shape index (κ3) is 1.09. The van der Waals surface area contributed by atoms with Crippen molar-refractivity contribution in [3.8, 4) is 0 Å². The fourth-order valence-electron chi connectivity index (χ4n) is 1.42. The van der Waals surface area contributed by atoms with Gasteiger partial charge >= 0.3 is 0 Å². The molecule has 1 aliphatic rings. The second-order valence-electron chi connectivity index (χ2n) is 2.77. The summed E-state index contributed by atoms with van der Waals surface area (Å²) in [6, 6.07) is 7.55. The minimum Gasteiger partial charge on any atom is -0.385 e. The molecule has 0 aliphatic carbocycles. The summed E-state index contributed by atoms with van der Waals surface area (Å²) in [4.78, 5) is 0. The Morgan fingerprint density at radius 3 is 3.00 bits per heavy atom. The molecule has 0 fully saturated rings. The van der Waals surface area contributed by atoms with Gasteiger partial charge in [0.2, 0.25) is 0 Å². The van der Waals surface area contributed by atoms with Gasteiger partial charge in [0.1, 0.15) is 6.17 Å². The lowest BCUT2D eigenvalue weighted by Crippen LogP contribution is -2.13. The molecule has 58 valence electrons. The minimum atomic E-state index is -0.771. The van der Waals surface area contributed by atoms with Gasteiger partial charge in [0, 0.05) is 24.2 Å². The maximum absolute atomic E-state index is 13.1. The van der Waals surface area contributed by atoms with E-state index in [2.05, 4.69) is 5.32 Å². The van der Waals surface area contributed by atoms with E-state index in [1.54, 1.807) is 0 Å². The Balaban J connectivity index is 2.44. The molecular weight excluding hydrogens is 141 g/mol. The molecule has 0 aromatic heterocycles. The number of alkyl halides is 1. The SMILES string of the molecule is FC1CCNc2ccccc21. The number of fused-ring (bicyclic) bond motifs is 1. The van der Waals surface area contributed by atoms with E-state index in [4.69, 9.17) is 0 Å². The van der Waals surface area contributed by atoms with E-state index in [9.17, 15) is 4.39 Å². The van der Waals surface area contributed by atoms with Crippen molar-refractivity contribution in [2.75, 3.05) is 11.9 Å². The molecular formula is C9H10FN. The predicted octanol–water partition coefficient (Wildman–Crippen LogP) is 2.51. The van der Waals surface area contributed by atoms with Crippen LogP contribution < -0.4 is 5.32 Å². The van der Waals surface area contributed by atoms with Crippen LogP contribution in [0.5, 0.6) is 0 Å². The van der Waals surface area contributed by atoms with Gasteiger partial charge in [-0.3, -0.25) is 0 Å². The van der Waals surface area contributed by atoms with Crippen molar-refractivity contribution in [2.24, 2.45) is 0 Å². The minimum absolute atomic E-state index is 0.594. The van der Waals surface area contributed by atoms with Gasteiger partial charge in [-0.1, -0.05) is 18.2 Å². The molecule has 1 heterocycles. The molecule has 0 amide bonds. The monoisotopic (exact) mass is 151 g/mol. The van der Waals surface area contributed by atoms with Crippen molar-refractivity contribution >= 4 is 5.69 Å². The molecule has 11 heavy (non-hydrogen) atoms. The highest BCUT2D eigenvalue weighted by Crippen LogP contribution is 2.31. The summed E-state index contributed by atoms with van der Waals surface area (Å²) < 4.78 is 13.1. The molecule has 1 unspecified atom stereocenters. The van der Waals surface area contributed by atoms with Gasteiger partial charge < -0.3 is 5.32 Å². The Kier molecular flexibility index (Phi) is 1.53. The number of benzene rings is 1. The lowest BCUT2D eigenvalue weighted by molar-refractivity contribution is 0.325. The molecule has 1 nitrogen and oxygen atoms in total. The normalized spacial score (nSPS) is 22.1. The third-order valence-electron chi connectivity index (χ3n) is 2.01. The number of hydrogen-bond acceptors (Lipinski definition) is 1. The summed E-state index contributed by atoms with van der Waals surface area (Å²) in [5, 5.41) is 3.15. The van der Waals surface area contributed by atoms with E-state index in [-0.39, 0.29) is 0 Å². The first-order valence-electron chi connectivity index (χ1n) is 3.85. The van der Waals surface area contributed by atoms with Crippen LogP contribution in [0.25, 0.3) is 0 Å². The Bertz CT molecular complexity index is 259. The second kappa shape index (κ2) is 2.53. The van der Waals surface area contributed by atoms with Crippen LogP contribution in [0.1, 0.15) is 18.2 Å². The quantitative estimate of drug-likeness (QED) is 0.600. The molecule has 1 N–H and O–H groups in total. The number of anilines is 1. The summed E-state index contributed by atoms with van der Waals surface area (Å²) >= 11 is 0. The van der Waals surface area contributed by atoms with Crippen molar-refractivity contribution in [1.29, 1.82) is 0 Å². The Hall–Kier alpha value is -1.05. The maximum atomic E-state index is 13.1. The largest absolute Gasteiger partial charge is 0.385 e. The number of halogens is 1. The van der Waals surface area contributed by atoms with Crippen LogP contribution in [-0.4, -0.2) is 6.54 Å². The molecule has 0 spiro atoms. The van der Waals surface area contributed by atoms with Crippen LogP contribution in [0.2, 0.25) is 0 Å². The zero-order valence-electron chi connectivity index (χ0n) is 6.18.